The van der Waals surface area contributed by atoms with Crippen molar-refractivity contribution < 1.29 is 81.5 Å². The molecule has 0 amide bonds. The monoisotopic (exact) mass is 688 g/mol. The number of phosphoric acid groups is 1. The van der Waals surface area contributed by atoms with Gasteiger partial charge in [0.25, 0.3) is 7.82 Å². The predicted octanol–water partition coefficient (Wildman–Crippen LogP) is 3.95. The molecule has 11 nitrogen and oxygen atoms in total. The number of likely N-dealkylation sites (N-methyl/N-ethyl adjacent to an activating group) is 1. The molecule has 0 heterocycles. The smallest absolute Gasteiger partial charge is 0.756 e. The maximum absolute atomic E-state index is 12.4. The molecule has 0 aromatic carbocycles. The van der Waals surface area contributed by atoms with Crippen LogP contribution < -0.4 is 34.5 Å². The second kappa shape index (κ2) is 30.5. The predicted molar refractivity (Wildman–Crippen MR) is 174 cm³/mol. The number of rotatable bonds is 32. The maximum atomic E-state index is 12.4. The summed E-state index contributed by atoms with van der Waals surface area (Å²) in [6, 6.07) is 0. The van der Waals surface area contributed by atoms with E-state index < -0.39 is 38.4 Å². The second-order valence-corrected chi connectivity index (χ2v) is 14.4. The Balaban J connectivity index is 0. The number of hydrogen-bond acceptors (Lipinski definition) is 9. The summed E-state index contributed by atoms with van der Waals surface area (Å²) >= 11 is 0. The molecule has 0 bridgehead atoms. The normalized spacial score (nSPS) is 13.4. The first-order valence-electron chi connectivity index (χ1n) is 17.3. The fraction of sp³-hybridized carbons (Fsp3) is 0.909. The summed E-state index contributed by atoms with van der Waals surface area (Å²) in [6.45, 7) is 1.80. The Morgan fingerprint density at radius 1 is 0.674 bits per heavy atom. The molecule has 2 atom stereocenters. The van der Waals surface area contributed by atoms with Crippen LogP contribution in [-0.4, -0.2) is 81.1 Å². The Hall–Kier alpha value is -0.520. The van der Waals surface area contributed by atoms with Crippen LogP contribution in [0, 0.1) is 0 Å². The van der Waals surface area contributed by atoms with E-state index in [1.54, 1.807) is 0 Å². The van der Waals surface area contributed by atoms with Crippen LogP contribution in [0.15, 0.2) is 0 Å². The van der Waals surface area contributed by atoms with Gasteiger partial charge >= 0.3 is 47.5 Å². The van der Waals surface area contributed by atoms with E-state index in [1.165, 1.54) is 57.8 Å². The second-order valence-electron chi connectivity index (χ2n) is 13.0. The van der Waals surface area contributed by atoms with Crippen molar-refractivity contribution in [3.05, 3.63) is 0 Å². The third kappa shape index (κ3) is 34.8. The molecule has 0 saturated heterocycles. The van der Waals surface area contributed by atoms with Gasteiger partial charge in [-0.15, -0.1) is 0 Å². The van der Waals surface area contributed by atoms with Crippen molar-refractivity contribution in [1.29, 1.82) is 0 Å². The first kappa shape index (κ1) is 47.6. The van der Waals surface area contributed by atoms with E-state index >= 15 is 0 Å². The number of phosphoric ester groups is 1. The average Bonchev–Trinajstić information content (AvgIpc) is 2.95. The van der Waals surface area contributed by atoms with E-state index in [4.69, 9.17) is 23.6 Å². The Morgan fingerprint density at radius 3 is 1.57 bits per heavy atom. The number of unbranched alkanes of at least 4 members (excludes halogenated alkanes) is 16. The number of carbonyl (C=O) groups is 3. The Kier molecular flexibility index (Phi) is 31.6. The maximum Gasteiger partial charge on any atom is 1.00 e. The molecule has 266 valence electrons. The minimum absolute atomic E-state index is 0. The number of quaternary nitrogens is 1. The summed E-state index contributed by atoms with van der Waals surface area (Å²) < 4.78 is 33.3. The van der Waals surface area contributed by atoms with Crippen molar-refractivity contribution in [3.8, 4) is 0 Å². The zero-order valence-electron chi connectivity index (χ0n) is 29.8. The Bertz CT molecular complexity index is 825. The van der Waals surface area contributed by atoms with E-state index in [-0.39, 0.29) is 62.0 Å². The van der Waals surface area contributed by atoms with Crippen molar-refractivity contribution in [2.24, 2.45) is 0 Å². The number of hydrogen-bond donors (Lipinski definition) is 1. The molecular weight excluding hydrogens is 624 g/mol. The molecule has 0 rings (SSSR count). The standard InChI is InChI=1S/C33H64NO10P.Na/c1-5-6-7-8-9-10-11-12-13-14-15-18-21-24-32(37)41-28-30(29-43-45(39,40)42-27-26-34(2,3)4)44-33(38)25-22-19-16-17-20-23-31(35)36;/h30H,5-29H2,1-4H3,(H-,35,36,39,40);/q;+1. The molecule has 0 spiro atoms. The third-order valence-electron chi connectivity index (χ3n) is 7.41. The van der Waals surface area contributed by atoms with E-state index in [0.717, 1.165) is 38.5 Å². The minimum atomic E-state index is -4.64. The van der Waals surface area contributed by atoms with Gasteiger partial charge in [-0.3, -0.25) is 18.9 Å². The molecule has 2 unspecified atom stereocenters. The van der Waals surface area contributed by atoms with E-state index in [1.807, 2.05) is 21.1 Å². The number of esters is 2. The van der Waals surface area contributed by atoms with E-state index in [0.29, 0.717) is 30.3 Å². The Labute approximate surface area is 301 Å². The first-order chi connectivity index (χ1) is 21.3. The van der Waals surface area contributed by atoms with Crippen LogP contribution in [0.1, 0.15) is 142 Å². The van der Waals surface area contributed by atoms with Crippen molar-refractivity contribution in [2.45, 2.75) is 148 Å². The molecular formula is C33H64NNaO10P+. The third-order valence-corrected chi connectivity index (χ3v) is 8.38. The van der Waals surface area contributed by atoms with Gasteiger partial charge < -0.3 is 33.0 Å². The van der Waals surface area contributed by atoms with E-state index in [9.17, 15) is 23.8 Å². The molecule has 0 radical (unpaired) electrons. The van der Waals surface area contributed by atoms with Crippen LogP contribution in [0.25, 0.3) is 0 Å². The number of nitrogens with zero attached hydrogens (tertiary/aromatic N) is 1. The number of carboxylic acid groups (broad SMARTS) is 1. The van der Waals surface area contributed by atoms with E-state index in [2.05, 4.69) is 6.92 Å². The van der Waals surface area contributed by atoms with Gasteiger partial charge in [-0.25, -0.2) is 0 Å². The number of carbonyl (C=O) groups excluding carboxylic acids is 2. The summed E-state index contributed by atoms with van der Waals surface area (Å²) in [5, 5.41) is 8.70. The van der Waals surface area contributed by atoms with Crippen LogP contribution in [0.3, 0.4) is 0 Å². The summed E-state index contributed by atoms with van der Waals surface area (Å²) in [7, 11) is 1.06. The van der Waals surface area contributed by atoms with Gasteiger partial charge in [0, 0.05) is 19.3 Å². The molecule has 0 aliphatic heterocycles. The molecule has 13 heteroatoms. The summed E-state index contributed by atoms with van der Waals surface area (Å²) in [4.78, 5) is 47.6. The zero-order chi connectivity index (χ0) is 33.8. The van der Waals surface area contributed by atoms with Gasteiger partial charge in [-0.05, 0) is 19.3 Å². The van der Waals surface area contributed by atoms with Crippen LogP contribution in [0.2, 0.25) is 0 Å². The molecule has 46 heavy (non-hydrogen) atoms. The van der Waals surface area contributed by atoms with Crippen molar-refractivity contribution in [1.82, 2.24) is 0 Å². The molecule has 0 aliphatic carbocycles. The molecule has 0 aromatic heterocycles. The van der Waals surface area contributed by atoms with Crippen molar-refractivity contribution in [3.63, 3.8) is 0 Å². The number of ether oxygens (including phenoxy) is 2. The van der Waals surface area contributed by atoms with Gasteiger partial charge in [0.05, 0.1) is 27.7 Å². The molecule has 0 aromatic rings. The van der Waals surface area contributed by atoms with Gasteiger partial charge in [0.2, 0.25) is 0 Å². The topological polar surface area (TPSA) is 148 Å². The van der Waals surface area contributed by atoms with Crippen LogP contribution in [0.4, 0.5) is 0 Å². The van der Waals surface area contributed by atoms with Crippen molar-refractivity contribution >= 4 is 25.7 Å². The van der Waals surface area contributed by atoms with Crippen LogP contribution in [-0.2, 0) is 37.5 Å². The first-order valence-corrected chi connectivity index (χ1v) is 18.8. The molecule has 1 N–H and O–H groups in total. The molecule has 0 saturated carbocycles. The SMILES string of the molecule is CCCCCCCCCCCCCCCC(=O)OCC(COP(=O)([O-])OCC[N+](C)(C)C)OC(=O)CCCCCCCC(=O)O.[Na+]. The quantitative estimate of drug-likeness (QED) is 0.0362. The van der Waals surface area contributed by atoms with Crippen LogP contribution >= 0.6 is 7.82 Å². The van der Waals surface area contributed by atoms with Gasteiger partial charge in [-0.1, -0.05) is 103 Å². The van der Waals surface area contributed by atoms with Gasteiger partial charge in [0.15, 0.2) is 6.10 Å². The van der Waals surface area contributed by atoms with Crippen LogP contribution in [0.5, 0.6) is 0 Å². The molecule has 0 aliphatic rings. The fourth-order valence-electron chi connectivity index (χ4n) is 4.62. The average molecular weight is 689 g/mol. The number of carboxylic acids is 1. The molecule has 0 fully saturated rings. The van der Waals surface area contributed by atoms with Gasteiger partial charge in [0.1, 0.15) is 19.8 Å². The van der Waals surface area contributed by atoms with Gasteiger partial charge in [-0.2, -0.15) is 0 Å². The summed E-state index contributed by atoms with van der Waals surface area (Å²) in [5.41, 5.74) is 0. The number of aliphatic carboxylic acids is 1. The van der Waals surface area contributed by atoms with Crippen molar-refractivity contribution in [2.75, 3.05) is 47.5 Å². The summed E-state index contributed by atoms with van der Waals surface area (Å²) in [6.07, 6.45) is 18.5. The zero-order valence-corrected chi connectivity index (χ0v) is 32.7. The Morgan fingerprint density at radius 2 is 1.11 bits per heavy atom. The minimum Gasteiger partial charge on any atom is -0.756 e. The summed E-state index contributed by atoms with van der Waals surface area (Å²) in [5.74, 6) is -1.79. The largest absolute Gasteiger partial charge is 1.00 e. The fourth-order valence-corrected chi connectivity index (χ4v) is 5.35.